The van der Waals surface area contributed by atoms with Gasteiger partial charge in [-0.3, -0.25) is 19.2 Å². The highest BCUT2D eigenvalue weighted by Crippen LogP contribution is 2.41. The summed E-state index contributed by atoms with van der Waals surface area (Å²) in [6.07, 6.45) is -68.7. The summed E-state index contributed by atoms with van der Waals surface area (Å²) in [7, 11) is 1.50. The molecular formula is C64H109N3O38S4. The van der Waals surface area contributed by atoms with Gasteiger partial charge in [-0.05, 0) is 20.4 Å². The molecule has 21 fully saturated rings. The highest BCUT2D eigenvalue weighted by molar-refractivity contribution is 7.99. The molecule has 0 spiro atoms. The van der Waals surface area contributed by atoms with Gasteiger partial charge in [0.25, 0.3) is 0 Å². The first kappa shape index (κ1) is 92.8. The average Bonchev–Trinajstić information content (AvgIpc) is 0.804. The topological polar surface area (TPSA) is 627 Å². The molecule has 1 aliphatic carbocycles. The first-order valence-electron chi connectivity index (χ1n) is 35.9. The Morgan fingerprint density at radius 1 is 0.404 bits per heavy atom. The summed E-state index contributed by atoms with van der Waals surface area (Å²) in [6, 6.07) is -0.856. The highest BCUT2D eigenvalue weighted by Gasteiger charge is 2.60. The molecule has 41 nitrogen and oxygen atoms in total. The van der Waals surface area contributed by atoms with Crippen molar-refractivity contribution in [3.05, 3.63) is 0 Å². The first-order valence-corrected chi connectivity index (χ1v) is 39.5. The van der Waals surface area contributed by atoms with E-state index in [1.165, 1.54) is 14.0 Å². The van der Waals surface area contributed by atoms with Crippen LogP contribution in [-0.4, -0.2) is 449 Å². The van der Waals surface area contributed by atoms with Gasteiger partial charge in [0, 0.05) is 79.4 Å². The zero-order valence-corrected chi connectivity index (χ0v) is 63.1. The fraction of sp³-hybridized carbons (Fsp3) is 0.938. The molecule has 2 amide bonds. The fourth-order valence-electron chi connectivity index (χ4n) is 13.7. The Hall–Kier alpha value is -1.72. The van der Waals surface area contributed by atoms with Crippen LogP contribution in [0.25, 0.3) is 0 Å². The summed E-state index contributed by atoms with van der Waals surface area (Å²) in [6.45, 7) is -3.03. The number of hydrogen-bond acceptors (Lipinski definition) is 43. The number of ketones is 2. The second kappa shape index (κ2) is 44.7. The number of carbonyl (C=O) groups excluding carboxylic acids is 4. The largest absolute Gasteiger partial charge is 0.396 e. The van der Waals surface area contributed by atoms with E-state index in [-0.39, 0.29) is 99.1 Å². The number of rotatable bonds is 31. The van der Waals surface area contributed by atoms with Crippen molar-refractivity contribution in [1.29, 1.82) is 0 Å². The van der Waals surface area contributed by atoms with Crippen molar-refractivity contribution in [2.24, 2.45) is 11.8 Å². The van der Waals surface area contributed by atoms with Crippen LogP contribution in [0.1, 0.15) is 32.6 Å². The minimum Gasteiger partial charge on any atom is -0.396 e. The third-order valence-corrected chi connectivity index (χ3v) is 22.7. The number of carbonyl (C=O) groups is 4. The molecule has 37 atom stereocenters. The minimum atomic E-state index is -2.27. The molecule has 21 rings (SSSR count). The van der Waals surface area contributed by atoms with Gasteiger partial charge in [-0.15, -0.1) is 0 Å². The third kappa shape index (κ3) is 23.6. The lowest BCUT2D eigenvalue weighted by Crippen LogP contribution is -2.68. The van der Waals surface area contributed by atoms with Gasteiger partial charge in [-0.1, -0.05) is 0 Å². The maximum atomic E-state index is 13.7. The Labute approximate surface area is 645 Å². The van der Waals surface area contributed by atoms with E-state index in [4.69, 9.17) is 71.1 Å². The number of aliphatic hydroxyl groups excluding tert-OH is 19. The van der Waals surface area contributed by atoms with E-state index in [2.05, 4.69) is 41.2 Å². The van der Waals surface area contributed by atoms with Crippen LogP contribution in [0, 0.1) is 11.8 Å². The van der Waals surface area contributed by atoms with Gasteiger partial charge in [-0.2, -0.15) is 48.8 Å². The minimum absolute atomic E-state index is 0.00527. The van der Waals surface area contributed by atoms with E-state index in [0.717, 1.165) is 23.5 Å². The molecule has 15 unspecified atom stereocenters. The summed E-state index contributed by atoms with van der Waals surface area (Å²) < 4.78 is 89.2. The molecule has 109 heavy (non-hydrogen) atoms. The molecule has 632 valence electrons. The normalized spacial score (nSPS) is 43.0. The lowest BCUT2D eigenvalue weighted by Gasteiger charge is -2.50. The molecule has 0 aromatic carbocycles. The molecule has 20 aliphatic heterocycles. The summed E-state index contributed by atoms with van der Waals surface area (Å²) in [5, 5.41) is 228. The van der Waals surface area contributed by atoms with E-state index >= 15 is 0 Å². The lowest BCUT2D eigenvalue weighted by atomic mass is 9.80. The lowest BCUT2D eigenvalue weighted by molar-refractivity contribution is -0.394. The van der Waals surface area contributed by atoms with E-state index in [1.807, 2.05) is 0 Å². The number of aliphatic hydroxyl groups is 19. The molecular weight excluding hydrogens is 1550 g/mol. The Kier molecular flexibility index (Phi) is 38.1. The third-order valence-electron chi connectivity index (χ3n) is 19.9. The zero-order chi connectivity index (χ0) is 79.7. The molecule has 21 aliphatic rings. The smallest absolute Gasteiger partial charge is 0.238 e. The Balaban J connectivity index is 1.09. The quantitative estimate of drug-likeness (QED) is 0.0226. The van der Waals surface area contributed by atoms with Crippen molar-refractivity contribution in [2.75, 3.05) is 114 Å². The predicted molar refractivity (Wildman–Crippen MR) is 373 cm³/mol. The second-order valence-electron chi connectivity index (χ2n) is 27.6. The highest BCUT2D eigenvalue weighted by atomic mass is 32.2. The number of ether oxygens (including phenoxy) is 15. The number of amides is 2. The average molecular weight is 1660 g/mol. The Morgan fingerprint density at radius 2 is 0.734 bits per heavy atom. The van der Waals surface area contributed by atoms with E-state index in [0.29, 0.717) is 5.75 Å². The number of thiol groups is 2. The number of thioether (sulfide) groups is 2. The van der Waals surface area contributed by atoms with Gasteiger partial charge in [-0.25, -0.2) is 0 Å². The number of nitrogens with one attached hydrogen (secondary N) is 3. The molecule has 0 aromatic heterocycles. The summed E-state index contributed by atoms with van der Waals surface area (Å²) in [5.41, 5.74) is 0. The van der Waals surface area contributed by atoms with Crippen LogP contribution in [-0.2, 0) is 90.2 Å². The summed E-state index contributed by atoms with van der Waals surface area (Å²) >= 11 is 10.3. The Morgan fingerprint density at radius 3 is 1.09 bits per heavy atom. The van der Waals surface area contributed by atoms with Crippen LogP contribution in [0.5, 0.6) is 0 Å². The molecule has 45 heteroatoms. The predicted octanol–water partition coefficient (Wildman–Crippen LogP) is -12.4. The standard InChI is InChI=1S/C64H109N3O38S4/c1-24(73)3-7-91-9-10-92-8-4-27(74)13-26(57(89)66-5-11-106)20-108-22-34-55-42(81)48(87)63(98-34)103-53-32(18-71)95-61(45(84)39(53)78)102-52-31(17-70)97-62(47(86)41(52)80)105-56-35(23-109-21-28(65-2)58(90)67-6-12-107)99-64(49(88)43(56)82)104-54-33(19-72)96-60(46(85)40(54)79)101-51-30(16-69)94-59(44(83)38(51)77)100-50-25(15-68)14-29(93-55)36(75)37(50)76/h25-26,28-56,59-65,68-72,75-88,106-107H,3-23H2,1-2H3,(H,66,89)(H,67,90)/t25?,26?,28-,29+,30?,31?,32?,33?,34?,35?,36?,37-,38-,39-,40-,41-,42-,43-,44?,45?,46?,47?,48?,49?,50-,51-,52-,53-,54-,55-,56-,59-,60-,61-,62-,63-,64-/m1/s1. The zero-order valence-electron chi connectivity index (χ0n) is 59.7. The van der Waals surface area contributed by atoms with Crippen molar-refractivity contribution >= 4 is 72.2 Å². The monoisotopic (exact) mass is 1660 g/mol. The van der Waals surface area contributed by atoms with Crippen LogP contribution >= 0.6 is 48.8 Å². The maximum absolute atomic E-state index is 13.7. The van der Waals surface area contributed by atoms with Crippen LogP contribution in [0.15, 0.2) is 0 Å². The van der Waals surface area contributed by atoms with Crippen molar-refractivity contribution in [3.63, 3.8) is 0 Å². The molecule has 20 saturated heterocycles. The van der Waals surface area contributed by atoms with Gasteiger partial charge < -0.3 is 184 Å². The maximum Gasteiger partial charge on any atom is 0.238 e. The first-order chi connectivity index (χ1) is 52.1. The molecule has 1 saturated carbocycles. The summed E-state index contributed by atoms with van der Waals surface area (Å²) in [5.74, 6) is -4.01. The van der Waals surface area contributed by atoms with Crippen LogP contribution in [0.3, 0.4) is 0 Å². The molecule has 0 aromatic rings. The number of hydrogen-bond donors (Lipinski definition) is 24. The van der Waals surface area contributed by atoms with Crippen LogP contribution in [0.4, 0.5) is 0 Å². The van der Waals surface area contributed by atoms with Gasteiger partial charge in [0.05, 0.1) is 89.2 Å². The van der Waals surface area contributed by atoms with Gasteiger partial charge >= 0.3 is 0 Å². The second-order valence-corrected chi connectivity index (χ2v) is 30.6. The van der Waals surface area contributed by atoms with E-state index in [1.54, 1.807) is 0 Å². The number of likely N-dealkylation sites (N-methyl/N-ethyl adjacent to an activating group) is 1. The van der Waals surface area contributed by atoms with Gasteiger partial charge in [0.2, 0.25) is 11.8 Å². The van der Waals surface area contributed by atoms with Crippen LogP contribution < -0.4 is 16.0 Å². The summed E-state index contributed by atoms with van der Waals surface area (Å²) in [4.78, 5) is 51.4. The van der Waals surface area contributed by atoms with Gasteiger partial charge in [0.1, 0.15) is 158 Å². The fourth-order valence-corrected chi connectivity index (χ4v) is 16.4. The van der Waals surface area contributed by atoms with Crippen molar-refractivity contribution in [3.8, 4) is 0 Å². The van der Waals surface area contributed by atoms with Crippen molar-refractivity contribution < 1.29 is 187 Å². The van der Waals surface area contributed by atoms with Crippen molar-refractivity contribution in [1.82, 2.24) is 16.0 Å². The van der Waals surface area contributed by atoms with Crippen LogP contribution in [0.2, 0.25) is 0 Å². The Bertz CT molecular complexity index is 2740. The molecule has 20 heterocycles. The van der Waals surface area contributed by atoms with E-state index < -0.39 is 278 Å². The molecule has 14 bridgehead atoms. The molecule has 0 radical (unpaired) electrons. The number of Topliss-reactive ketones (excluding diaryl/α,β-unsaturated/α-hetero) is 2. The SMILES string of the molecule is CN[C@H](CSCC1O[C@@H]2O[C@@H]3C(CO)O[C@H](O[C@@H]4C(CO)O[C@H](O[C@@H]5C(CO)C[C@H](O[C@@H]6C(CSCC(CC(=O)CCOCCOCCC(C)=O)C(=O)NCCS)O[C@H](O[C@@H]7C(CO)O[C@H](O[C@@H]8C(CO)O[C@H](O[C@H]1[C@H](O)C2O)C(O)[C@H]8O)C(O)[C@H]7O)C(O)[C@H]6O)C(O)[C@H]5O)C(O)[C@H]4O)C(O)[C@H]3O)C(=O)NCCS. The van der Waals surface area contributed by atoms with Gasteiger partial charge in [0.15, 0.2) is 37.7 Å². The van der Waals surface area contributed by atoms with Crippen molar-refractivity contribution in [2.45, 2.75) is 247 Å². The van der Waals surface area contributed by atoms with E-state index in [9.17, 15) is 116 Å². The molecule has 22 N–H and O–H groups in total.